The molecule has 4 nitrogen and oxygen atoms in total. The van der Waals surface area contributed by atoms with E-state index in [4.69, 9.17) is 10.5 Å². The van der Waals surface area contributed by atoms with E-state index in [-0.39, 0.29) is 12.5 Å². The molecule has 136 valence electrons. The Morgan fingerprint density at radius 1 is 1.00 bits per heavy atom. The molecule has 0 saturated carbocycles. The third-order valence-corrected chi connectivity index (χ3v) is 5.08. The molecule has 0 bridgehead atoms. The van der Waals surface area contributed by atoms with Crippen LogP contribution < -0.4 is 5.73 Å². The average molecular weight is 358 g/mol. The van der Waals surface area contributed by atoms with Crippen molar-refractivity contribution >= 4 is 27.6 Å². The van der Waals surface area contributed by atoms with Gasteiger partial charge in [0, 0.05) is 30.2 Å². The van der Waals surface area contributed by atoms with Crippen LogP contribution in [0, 0.1) is 0 Å². The van der Waals surface area contributed by atoms with Gasteiger partial charge in [-0.2, -0.15) is 0 Å². The molecule has 0 amide bonds. The highest BCUT2D eigenvalue weighted by Crippen LogP contribution is 2.32. The third-order valence-electron chi connectivity index (χ3n) is 5.08. The smallest absolute Gasteiger partial charge is 0.340 e. The highest BCUT2D eigenvalue weighted by Gasteiger charge is 2.21. The van der Waals surface area contributed by atoms with Gasteiger partial charge < -0.3 is 15.0 Å². The van der Waals surface area contributed by atoms with Crippen LogP contribution in [0.15, 0.2) is 60.7 Å². The number of nitrogens with zero attached hydrogens (tertiary/aromatic N) is 1. The maximum absolute atomic E-state index is 12.6. The fourth-order valence-electron chi connectivity index (χ4n) is 3.72. The van der Waals surface area contributed by atoms with E-state index in [0.29, 0.717) is 12.2 Å². The van der Waals surface area contributed by atoms with Crippen LogP contribution in [-0.4, -0.2) is 17.1 Å². The fourth-order valence-corrected chi connectivity index (χ4v) is 3.72. The number of aryl methyl sites for hydroxylation is 1. The minimum absolute atomic E-state index is 0.282. The predicted octanol–water partition coefficient (Wildman–Crippen LogP) is 4.63. The molecule has 0 spiro atoms. The standard InChI is InChI=1S/C23H22N2O2/c1-3-27-23(26)22-19-13-18(10-11-20(19)25(2)21(22)14-24)17-9-8-15-6-4-5-7-16(15)12-17/h4-13H,3,14,24H2,1-2H3. The Morgan fingerprint density at radius 2 is 1.70 bits per heavy atom. The number of fused-ring (bicyclic) bond motifs is 2. The first kappa shape index (κ1) is 17.3. The Morgan fingerprint density at radius 3 is 2.44 bits per heavy atom. The van der Waals surface area contributed by atoms with Crippen molar-refractivity contribution in [3.63, 3.8) is 0 Å². The summed E-state index contributed by atoms with van der Waals surface area (Å²) in [5.74, 6) is -0.320. The normalized spacial score (nSPS) is 11.2. The zero-order valence-corrected chi connectivity index (χ0v) is 15.5. The van der Waals surface area contributed by atoms with Crippen molar-refractivity contribution in [3.8, 4) is 11.1 Å². The van der Waals surface area contributed by atoms with E-state index in [9.17, 15) is 4.79 Å². The molecular weight excluding hydrogens is 336 g/mol. The van der Waals surface area contributed by atoms with Gasteiger partial charge >= 0.3 is 5.97 Å². The van der Waals surface area contributed by atoms with Gasteiger partial charge in [0.15, 0.2) is 0 Å². The first-order valence-electron chi connectivity index (χ1n) is 9.11. The fraction of sp³-hybridized carbons (Fsp3) is 0.174. The lowest BCUT2D eigenvalue weighted by molar-refractivity contribution is 0.0527. The van der Waals surface area contributed by atoms with Crippen molar-refractivity contribution < 1.29 is 9.53 Å². The lowest BCUT2D eigenvalue weighted by atomic mass is 9.99. The lowest BCUT2D eigenvalue weighted by Crippen LogP contribution is -2.12. The number of carbonyl (C=O) groups excluding carboxylic acids is 1. The lowest BCUT2D eigenvalue weighted by Gasteiger charge is -2.06. The van der Waals surface area contributed by atoms with Crippen molar-refractivity contribution in [3.05, 3.63) is 71.9 Å². The minimum Gasteiger partial charge on any atom is -0.462 e. The highest BCUT2D eigenvalue weighted by atomic mass is 16.5. The van der Waals surface area contributed by atoms with E-state index in [0.717, 1.165) is 27.7 Å². The van der Waals surface area contributed by atoms with Gasteiger partial charge in [0.25, 0.3) is 0 Å². The molecule has 0 aliphatic carbocycles. The molecule has 3 aromatic carbocycles. The third kappa shape index (κ3) is 2.88. The zero-order chi connectivity index (χ0) is 19.0. The van der Waals surface area contributed by atoms with E-state index >= 15 is 0 Å². The number of hydrogen-bond acceptors (Lipinski definition) is 3. The van der Waals surface area contributed by atoms with E-state index in [2.05, 4.69) is 42.5 Å². The first-order valence-corrected chi connectivity index (χ1v) is 9.11. The van der Waals surface area contributed by atoms with Gasteiger partial charge in [-0.15, -0.1) is 0 Å². The second-order valence-corrected chi connectivity index (χ2v) is 6.60. The SMILES string of the molecule is CCOC(=O)c1c(CN)n(C)c2ccc(-c3ccc4ccccc4c3)cc12. The van der Waals surface area contributed by atoms with Crippen LogP contribution in [0.3, 0.4) is 0 Å². The van der Waals surface area contributed by atoms with Crippen molar-refractivity contribution in [2.75, 3.05) is 6.61 Å². The van der Waals surface area contributed by atoms with Gasteiger partial charge in [0.2, 0.25) is 0 Å². The van der Waals surface area contributed by atoms with Crippen LogP contribution >= 0.6 is 0 Å². The maximum atomic E-state index is 12.6. The van der Waals surface area contributed by atoms with Crippen molar-refractivity contribution in [2.24, 2.45) is 12.8 Å². The molecule has 2 N–H and O–H groups in total. The molecule has 1 aromatic heterocycles. The topological polar surface area (TPSA) is 57.2 Å². The molecule has 0 fully saturated rings. The van der Waals surface area contributed by atoms with Crippen molar-refractivity contribution in [1.82, 2.24) is 4.57 Å². The molecule has 4 heteroatoms. The number of aromatic nitrogens is 1. The number of carbonyl (C=O) groups is 1. The van der Waals surface area contributed by atoms with E-state index in [1.807, 2.05) is 36.7 Å². The molecule has 27 heavy (non-hydrogen) atoms. The Kier molecular flexibility index (Phi) is 4.42. The van der Waals surface area contributed by atoms with Crippen molar-refractivity contribution in [1.29, 1.82) is 0 Å². The summed E-state index contributed by atoms with van der Waals surface area (Å²) in [7, 11) is 1.93. The summed E-state index contributed by atoms with van der Waals surface area (Å²) in [5.41, 5.74) is 10.4. The van der Waals surface area contributed by atoms with Crippen molar-refractivity contribution in [2.45, 2.75) is 13.5 Å². The Bertz CT molecular complexity index is 1160. The molecular formula is C23H22N2O2. The van der Waals surface area contributed by atoms with Gasteiger partial charge in [-0.1, -0.05) is 42.5 Å². The molecule has 0 aliphatic rings. The Labute approximate surface area is 158 Å². The molecule has 1 heterocycles. The van der Waals surface area contributed by atoms with E-state index < -0.39 is 0 Å². The zero-order valence-electron chi connectivity index (χ0n) is 15.5. The monoisotopic (exact) mass is 358 g/mol. The first-order chi connectivity index (χ1) is 13.1. The van der Waals surface area contributed by atoms with Gasteiger partial charge in [0.05, 0.1) is 12.2 Å². The summed E-state index contributed by atoms with van der Waals surface area (Å²) < 4.78 is 7.27. The largest absolute Gasteiger partial charge is 0.462 e. The Hall–Kier alpha value is -3.11. The van der Waals surface area contributed by atoms with Crippen LogP contribution in [0.1, 0.15) is 23.0 Å². The van der Waals surface area contributed by atoms with E-state index in [1.54, 1.807) is 0 Å². The summed E-state index contributed by atoms with van der Waals surface area (Å²) in [5, 5.41) is 3.28. The number of ether oxygens (including phenoxy) is 1. The molecule has 4 rings (SSSR count). The second-order valence-electron chi connectivity index (χ2n) is 6.60. The molecule has 0 atom stereocenters. The highest BCUT2D eigenvalue weighted by molar-refractivity contribution is 6.07. The summed E-state index contributed by atoms with van der Waals surface area (Å²) in [6.07, 6.45) is 0. The number of rotatable bonds is 4. The molecule has 0 unspecified atom stereocenters. The number of hydrogen-bond donors (Lipinski definition) is 1. The number of nitrogens with two attached hydrogens (primary N) is 1. The van der Waals surface area contributed by atoms with E-state index in [1.165, 1.54) is 10.8 Å². The summed E-state index contributed by atoms with van der Waals surface area (Å²) in [6.45, 7) is 2.43. The van der Waals surface area contributed by atoms with Gasteiger partial charge in [-0.25, -0.2) is 4.79 Å². The van der Waals surface area contributed by atoms with Crippen LogP contribution in [0.4, 0.5) is 0 Å². The maximum Gasteiger partial charge on any atom is 0.340 e. The quantitative estimate of drug-likeness (QED) is 0.541. The summed E-state index contributed by atoms with van der Waals surface area (Å²) in [4.78, 5) is 12.6. The minimum atomic E-state index is -0.320. The number of benzene rings is 3. The van der Waals surface area contributed by atoms with Crippen LogP contribution in [0.5, 0.6) is 0 Å². The molecule has 0 saturated heterocycles. The van der Waals surface area contributed by atoms with Crippen LogP contribution in [-0.2, 0) is 18.3 Å². The summed E-state index contributed by atoms with van der Waals surface area (Å²) in [6, 6.07) is 20.9. The van der Waals surface area contributed by atoms with Crippen LogP contribution in [0.25, 0.3) is 32.8 Å². The second kappa shape index (κ2) is 6.89. The van der Waals surface area contributed by atoms with Gasteiger partial charge in [0.1, 0.15) is 0 Å². The van der Waals surface area contributed by atoms with Crippen LogP contribution in [0.2, 0.25) is 0 Å². The Balaban J connectivity index is 1.92. The average Bonchev–Trinajstić information content (AvgIpc) is 2.99. The van der Waals surface area contributed by atoms with Gasteiger partial charge in [-0.3, -0.25) is 0 Å². The number of esters is 1. The van der Waals surface area contributed by atoms with Gasteiger partial charge in [-0.05, 0) is 47.0 Å². The molecule has 0 radical (unpaired) electrons. The molecule has 0 aliphatic heterocycles. The molecule has 4 aromatic rings. The summed E-state index contributed by atoms with van der Waals surface area (Å²) >= 11 is 0. The predicted molar refractivity (Wildman–Crippen MR) is 110 cm³/mol.